The Balaban J connectivity index is 2.88. The van der Waals surface area contributed by atoms with E-state index in [4.69, 9.17) is 0 Å². The third kappa shape index (κ3) is 3.43. The van der Waals surface area contributed by atoms with E-state index in [1.165, 1.54) is 12.3 Å². The predicted octanol–water partition coefficient (Wildman–Crippen LogP) is 2.06. The van der Waals surface area contributed by atoms with Crippen LogP contribution in [0.3, 0.4) is 0 Å². The number of amides is 1. The van der Waals surface area contributed by atoms with Crippen molar-refractivity contribution in [3.05, 3.63) is 34.2 Å². The number of nitrogens with one attached hydrogen (secondary N) is 2. The SMILES string of the molecule is CCC(CC)(CBr)NC(=O)c1cc[nH]c(=O)c1. The minimum atomic E-state index is -0.268. The summed E-state index contributed by atoms with van der Waals surface area (Å²) in [4.78, 5) is 25.6. The molecule has 0 unspecified atom stereocenters. The highest BCUT2D eigenvalue weighted by molar-refractivity contribution is 9.09. The number of alkyl halides is 1. The molecule has 0 bridgehead atoms. The van der Waals surface area contributed by atoms with E-state index in [0.717, 1.165) is 12.8 Å². The zero-order valence-electron chi connectivity index (χ0n) is 10.0. The summed E-state index contributed by atoms with van der Waals surface area (Å²) in [6, 6.07) is 2.90. The minimum Gasteiger partial charge on any atom is -0.346 e. The van der Waals surface area contributed by atoms with Crippen LogP contribution in [0.2, 0.25) is 0 Å². The van der Waals surface area contributed by atoms with Crippen LogP contribution in [0.25, 0.3) is 0 Å². The zero-order chi connectivity index (χ0) is 12.9. The lowest BCUT2D eigenvalue weighted by Gasteiger charge is -2.30. The smallest absolute Gasteiger partial charge is 0.251 e. The second kappa shape index (κ2) is 6.00. The van der Waals surface area contributed by atoms with E-state index in [-0.39, 0.29) is 17.0 Å². The van der Waals surface area contributed by atoms with Crippen molar-refractivity contribution in [2.45, 2.75) is 32.2 Å². The molecule has 1 rings (SSSR count). The molecule has 0 fully saturated rings. The largest absolute Gasteiger partial charge is 0.346 e. The maximum Gasteiger partial charge on any atom is 0.251 e. The van der Waals surface area contributed by atoms with Crippen LogP contribution in [-0.4, -0.2) is 21.8 Å². The summed E-state index contributed by atoms with van der Waals surface area (Å²) in [5.74, 6) is -0.209. The van der Waals surface area contributed by atoms with Crippen LogP contribution in [0.15, 0.2) is 23.1 Å². The number of aromatic nitrogens is 1. The first-order chi connectivity index (χ1) is 8.06. The Morgan fingerprint density at radius 1 is 1.47 bits per heavy atom. The molecule has 94 valence electrons. The highest BCUT2D eigenvalue weighted by atomic mass is 79.9. The molecule has 17 heavy (non-hydrogen) atoms. The van der Waals surface area contributed by atoms with Crippen LogP contribution in [-0.2, 0) is 0 Å². The first-order valence-corrected chi connectivity index (χ1v) is 6.76. The van der Waals surface area contributed by atoms with Crippen LogP contribution in [0, 0.1) is 0 Å². The van der Waals surface area contributed by atoms with Crippen LogP contribution >= 0.6 is 15.9 Å². The van der Waals surface area contributed by atoms with Crippen LogP contribution in [0.4, 0.5) is 0 Å². The Kier molecular flexibility index (Phi) is 4.93. The fourth-order valence-corrected chi connectivity index (χ4v) is 2.48. The standard InChI is InChI=1S/C12H17BrN2O2/c1-3-12(4-2,8-13)15-11(17)9-5-6-14-10(16)7-9/h5-7H,3-4,8H2,1-2H3,(H,14,16)(H,15,17). The third-order valence-corrected chi connectivity index (χ3v) is 4.10. The summed E-state index contributed by atoms with van der Waals surface area (Å²) in [6.45, 7) is 4.06. The lowest BCUT2D eigenvalue weighted by molar-refractivity contribution is 0.0903. The molecule has 0 aliphatic rings. The van der Waals surface area contributed by atoms with Gasteiger partial charge in [-0.25, -0.2) is 0 Å². The maximum atomic E-state index is 12.0. The number of hydrogen-bond donors (Lipinski definition) is 2. The van der Waals surface area contributed by atoms with E-state index in [2.05, 4.69) is 26.2 Å². The minimum absolute atomic E-state index is 0.209. The molecule has 2 N–H and O–H groups in total. The summed E-state index contributed by atoms with van der Waals surface area (Å²) < 4.78 is 0. The molecule has 0 aliphatic carbocycles. The van der Waals surface area contributed by atoms with Gasteiger partial charge in [-0.05, 0) is 18.9 Å². The molecule has 0 spiro atoms. The van der Waals surface area contributed by atoms with E-state index in [1.807, 2.05) is 13.8 Å². The van der Waals surface area contributed by atoms with Gasteiger partial charge in [0, 0.05) is 28.7 Å². The van der Waals surface area contributed by atoms with Gasteiger partial charge in [0.1, 0.15) is 0 Å². The quantitative estimate of drug-likeness (QED) is 0.818. The van der Waals surface area contributed by atoms with Crippen molar-refractivity contribution in [2.75, 3.05) is 5.33 Å². The molecule has 5 heteroatoms. The number of hydrogen-bond acceptors (Lipinski definition) is 2. The summed E-state index contributed by atoms with van der Waals surface area (Å²) in [6.07, 6.45) is 3.15. The first kappa shape index (κ1) is 14.0. The molecule has 0 saturated heterocycles. The van der Waals surface area contributed by atoms with Crippen molar-refractivity contribution in [3.63, 3.8) is 0 Å². The van der Waals surface area contributed by atoms with E-state index < -0.39 is 0 Å². The molecular weight excluding hydrogens is 284 g/mol. The highest BCUT2D eigenvalue weighted by Gasteiger charge is 2.27. The van der Waals surface area contributed by atoms with E-state index in [9.17, 15) is 9.59 Å². The van der Waals surface area contributed by atoms with Gasteiger partial charge in [0.15, 0.2) is 0 Å². The molecule has 1 aromatic heterocycles. The Bertz CT molecular complexity index is 430. The van der Waals surface area contributed by atoms with Crippen molar-refractivity contribution in [2.24, 2.45) is 0 Å². The molecule has 0 saturated carbocycles. The summed E-state index contributed by atoms with van der Waals surface area (Å²) in [5.41, 5.74) is -0.129. The van der Waals surface area contributed by atoms with Crippen LogP contribution < -0.4 is 10.9 Å². The zero-order valence-corrected chi connectivity index (χ0v) is 11.6. The Hall–Kier alpha value is -1.10. The summed E-state index contributed by atoms with van der Waals surface area (Å²) in [7, 11) is 0. The number of H-pyrrole nitrogens is 1. The van der Waals surface area contributed by atoms with Gasteiger partial charge in [-0.15, -0.1) is 0 Å². The molecule has 1 heterocycles. The van der Waals surface area contributed by atoms with Crippen molar-refractivity contribution in [3.8, 4) is 0 Å². The first-order valence-electron chi connectivity index (χ1n) is 5.64. The normalized spacial score (nSPS) is 11.2. The van der Waals surface area contributed by atoms with E-state index in [1.54, 1.807) is 6.07 Å². The fourth-order valence-electron chi connectivity index (χ4n) is 1.55. The van der Waals surface area contributed by atoms with Crippen molar-refractivity contribution >= 4 is 21.8 Å². The topological polar surface area (TPSA) is 62.0 Å². The lowest BCUT2D eigenvalue weighted by atomic mass is 9.95. The molecular formula is C12H17BrN2O2. The fraction of sp³-hybridized carbons (Fsp3) is 0.500. The van der Waals surface area contributed by atoms with Gasteiger partial charge in [-0.3, -0.25) is 9.59 Å². The van der Waals surface area contributed by atoms with E-state index in [0.29, 0.717) is 10.9 Å². The Labute approximate surface area is 109 Å². The number of pyridine rings is 1. The van der Waals surface area contributed by atoms with Gasteiger partial charge >= 0.3 is 0 Å². The van der Waals surface area contributed by atoms with Crippen molar-refractivity contribution in [1.82, 2.24) is 10.3 Å². The molecule has 0 radical (unpaired) electrons. The number of halogens is 1. The van der Waals surface area contributed by atoms with Gasteiger partial charge in [0.25, 0.3) is 5.91 Å². The predicted molar refractivity (Wildman–Crippen MR) is 71.6 cm³/mol. The molecule has 4 nitrogen and oxygen atoms in total. The molecule has 0 aliphatic heterocycles. The summed E-state index contributed by atoms with van der Waals surface area (Å²) >= 11 is 3.43. The van der Waals surface area contributed by atoms with Gasteiger partial charge in [0.2, 0.25) is 5.56 Å². The third-order valence-electron chi connectivity index (χ3n) is 3.03. The van der Waals surface area contributed by atoms with Gasteiger partial charge in [0.05, 0.1) is 0 Å². The van der Waals surface area contributed by atoms with E-state index >= 15 is 0 Å². The second-order valence-corrected chi connectivity index (χ2v) is 4.58. The molecule has 1 amide bonds. The monoisotopic (exact) mass is 300 g/mol. The molecule has 0 aromatic carbocycles. The molecule has 1 aromatic rings. The molecule has 0 atom stereocenters. The summed E-state index contributed by atoms with van der Waals surface area (Å²) in [5, 5.41) is 3.68. The van der Waals surface area contributed by atoms with Gasteiger partial charge < -0.3 is 10.3 Å². The number of carbonyl (C=O) groups is 1. The Morgan fingerprint density at radius 3 is 2.59 bits per heavy atom. The Morgan fingerprint density at radius 2 is 2.12 bits per heavy atom. The number of aromatic amines is 1. The number of rotatable bonds is 5. The maximum absolute atomic E-state index is 12.0. The average Bonchev–Trinajstić information content (AvgIpc) is 2.36. The van der Waals surface area contributed by atoms with Crippen molar-refractivity contribution in [1.29, 1.82) is 0 Å². The average molecular weight is 301 g/mol. The van der Waals surface area contributed by atoms with Crippen LogP contribution in [0.5, 0.6) is 0 Å². The lowest BCUT2D eigenvalue weighted by Crippen LogP contribution is -2.49. The van der Waals surface area contributed by atoms with Gasteiger partial charge in [-0.2, -0.15) is 0 Å². The van der Waals surface area contributed by atoms with Crippen molar-refractivity contribution < 1.29 is 4.79 Å². The van der Waals surface area contributed by atoms with Crippen LogP contribution in [0.1, 0.15) is 37.0 Å². The number of carbonyl (C=O) groups excluding carboxylic acids is 1. The highest BCUT2D eigenvalue weighted by Crippen LogP contribution is 2.18. The van der Waals surface area contributed by atoms with Gasteiger partial charge in [-0.1, -0.05) is 29.8 Å². The second-order valence-electron chi connectivity index (χ2n) is 4.02.